The van der Waals surface area contributed by atoms with Gasteiger partial charge in [0.1, 0.15) is 16.5 Å². The van der Waals surface area contributed by atoms with Crippen LogP contribution in [-0.2, 0) is 9.53 Å². The highest BCUT2D eigenvalue weighted by Gasteiger charge is 2.33. The highest BCUT2D eigenvalue weighted by molar-refractivity contribution is 7.07. The summed E-state index contributed by atoms with van der Waals surface area (Å²) in [5, 5.41) is 11.6. The van der Waals surface area contributed by atoms with E-state index in [0.717, 1.165) is 11.3 Å². The van der Waals surface area contributed by atoms with Crippen LogP contribution in [0.15, 0.2) is 80.1 Å². The van der Waals surface area contributed by atoms with E-state index in [0.29, 0.717) is 42.7 Å². The van der Waals surface area contributed by atoms with Crippen LogP contribution in [0.1, 0.15) is 31.2 Å². The van der Waals surface area contributed by atoms with E-state index < -0.39 is 16.9 Å². The zero-order valence-corrected chi connectivity index (χ0v) is 22.8. The minimum Gasteiger partial charge on any atom is -0.463 e. The molecule has 12 heteroatoms. The van der Waals surface area contributed by atoms with Crippen LogP contribution >= 0.6 is 34.5 Å². The Labute approximate surface area is 235 Å². The molecule has 0 aliphatic carbocycles. The van der Waals surface area contributed by atoms with E-state index in [4.69, 9.17) is 32.4 Å². The fourth-order valence-electron chi connectivity index (χ4n) is 4.27. The summed E-state index contributed by atoms with van der Waals surface area (Å²) in [5.41, 5.74) is 1.39. The summed E-state index contributed by atoms with van der Waals surface area (Å²) in [5.74, 6) is 0.254. The number of esters is 1. The predicted molar refractivity (Wildman–Crippen MR) is 148 cm³/mol. The molecule has 0 unspecified atom stereocenters. The van der Waals surface area contributed by atoms with Crippen molar-refractivity contribution < 1.29 is 18.9 Å². The summed E-state index contributed by atoms with van der Waals surface area (Å²) >= 11 is 13.3. The molecular formula is C27H19Cl2N3O6S. The van der Waals surface area contributed by atoms with Crippen molar-refractivity contribution in [2.75, 3.05) is 6.61 Å². The second-order valence-electron chi connectivity index (χ2n) is 8.48. The number of allylic oxidation sites excluding steroid dienone is 1. The molecule has 0 spiro atoms. The van der Waals surface area contributed by atoms with Gasteiger partial charge in [0.15, 0.2) is 4.80 Å². The molecule has 0 saturated carbocycles. The van der Waals surface area contributed by atoms with E-state index in [1.165, 1.54) is 22.8 Å². The Balaban J connectivity index is 1.60. The number of hydrogen-bond acceptors (Lipinski definition) is 8. The molecule has 2 aromatic heterocycles. The standard InChI is InChI=1S/C27H19Cl2N3O6S/c1-3-37-26(34)23-14(2)30-27-31(24(23)15-4-7-17(28)8-5-15)25(33)22(39-27)13-18-9-11-21(38-18)16-6-10-20(32(35)36)19(29)12-16/h4-13,24H,3H2,1-2H3/t24-/m1/s1. The monoisotopic (exact) mass is 583 g/mol. The van der Waals surface area contributed by atoms with Crippen molar-refractivity contribution in [1.82, 2.24) is 4.57 Å². The number of fused-ring (bicyclic) bond motifs is 1. The van der Waals surface area contributed by atoms with Crippen LogP contribution in [-0.4, -0.2) is 22.1 Å². The van der Waals surface area contributed by atoms with Gasteiger partial charge in [-0.15, -0.1) is 0 Å². The van der Waals surface area contributed by atoms with Crippen LogP contribution < -0.4 is 14.9 Å². The number of nitro groups is 1. The van der Waals surface area contributed by atoms with Crippen LogP contribution in [0, 0.1) is 10.1 Å². The number of benzene rings is 2. The maximum Gasteiger partial charge on any atom is 0.338 e. The summed E-state index contributed by atoms with van der Waals surface area (Å²) in [6.07, 6.45) is 1.59. The van der Waals surface area contributed by atoms with E-state index in [1.54, 1.807) is 56.3 Å². The van der Waals surface area contributed by atoms with E-state index in [2.05, 4.69) is 4.99 Å². The number of hydrogen-bond donors (Lipinski definition) is 0. The number of carbonyl (C=O) groups excluding carboxylic acids is 1. The van der Waals surface area contributed by atoms with Crippen molar-refractivity contribution in [1.29, 1.82) is 0 Å². The molecule has 1 atom stereocenters. The van der Waals surface area contributed by atoms with Gasteiger partial charge >= 0.3 is 5.97 Å². The molecule has 9 nitrogen and oxygen atoms in total. The van der Waals surface area contributed by atoms with Crippen molar-refractivity contribution in [2.45, 2.75) is 19.9 Å². The minimum absolute atomic E-state index is 0.0151. The molecule has 5 rings (SSSR count). The summed E-state index contributed by atoms with van der Waals surface area (Å²) in [4.78, 5) is 42.1. The lowest BCUT2D eigenvalue weighted by atomic mass is 9.96. The first kappa shape index (κ1) is 26.6. The largest absolute Gasteiger partial charge is 0.463 e. The molecule has 1 aliphatic heterocycles. The van der Waals surface area contributed by atoms with E-state index in [9.17, 15) is 19.7 Å². The average Bonchev–Trinajstić information content (AvgIpc) is 3.48. The SMILES string of the molecule is CCOC(=O)C1=C(C)N=c2sc(=Cc3ccc(-c4ccc([N+](=O)[O-])c(Cl)c4)o3)c(=O)n2[C@@H]1c1ccc(Cl)cc1. The van der Waals surface area contributed by atoms with E-state index in [1.807, 2.05) is 0 Å². The van der Waals surface area contributed by atoms with Crippen molar-refractivity contribution in [3.8, 4) is 11.3 Å². The van der Waals surface area contributed by atoms with Crippen LogP contribution in [0.3, 0.4) is 0 Å². The maximum atomic E-state index is 13.7. The first-order valence-electron chi connectivity index (χ1n) is 11.7. The molecule has 0 N–H and O–H groups in total. The zero-order valence-electron chi connectivity index (χ0n) is 20.5. The van der Waals surface area contributed by atoms with Crippen molar-refractivity contribution in [3.63, 3.8) is 0 Å². The lowest BCUT2D eigenvalue weighted by Gasteiger charge is -2.24. The number of furan rings is 1. The lowest BCUT2D eigenvalue weighted by molar-refractivity contribution is -0.384. The van der Waals surface area contributed by atoms with Gasteiger partial charge in [0.05, 0.1) is 33.4 Å². The van der Waals surface area contributed by atoms with Crippen LogP contribution in [0.5, 0.6) is 0 Å². The molecule has 0 saturated heterocycles. The number of carbonyl (C=O) groups is 1. The van der Waals surface area contributed by atoms with Crippen LogP contribution in [0.4, 0.5) is 5.69 Å². The van der Waals surface area contributed by atoms with Gasteiger partial charge in [-0.3, -0.25) is 19.5 Å². The fraction of sp³-hybridized carbons (Fsp3) is 0.148. The first-order chi connectivity index (χ1) is 18.7. The van der Waals surface area contributed by atoms with Crippen molar-refractivity contribution in [2.24, 2.45) is 4.99 Å². The van der Waals surface area contributed by atoms with Crippen molar-refractivity contribution in [3.05, 3.63) is 117 Å². The predicted octanol–water partition coefficient (Wildman–Crippen LogP) is 5.27. The third-order valence-corrected chi connectivity index (χ3v) is 7.57. The Morgan fingerprint density at radius 2 is 1.95 bits per heavy atom. The van der Waals surface area contributed by atoms with Crippen LogP contribution in [0.2, 0.25) is 10.0 Å². The maximum absolute atomic E-state index is 13.7. The Morgan fingerprint density at radius 1 is 1.21 bits per heavy atom. The van der Waals surface area contributed by atoms with Gasteiger partial charge in [0.2, 0.25) is 0 Å². The average molecular weight is 584 g/mol. The minimum atomic E-state index is -0.755. The topological polar surface area (TPSA) is 117 Å². The van der Waals surface area contributed by atoms with E-state index in [-0.39, 0.29) is 28.4 Å². The number of thiazole rings is 1. The highest BCUT2D eigenvalue weighted by atomic mass is 35.5. The number of ether oxygens (including phenoxy) is 1. The molecule has 4 aromatic rings. The number of halogens is 2. The van der Waals surface area contributed by atoms with Gasteiger partial charge in [-0.05, 0) is 55.8 Å². The number of nitrogens with zero attached hydrogens (tertiary/aromatic N) is 3. The highest BCUT2D eigenvalue weighted by Crippen LogP contribution is 2.32. The molecule has 2 aromatic carbocycles. The van der Waals surface area contributed by atoms with Gasteiger partial charge in [-0.25, -0.2) is 9.79 Å². The molecule has 3 heterocycles. The molecule has 0 fully saturated rings. The Hall–Kier alpha value is -3.99. The molecule has 0 radical (unpaired) electrons. The Morgan fingerprint density at radius 3 is 2.62 bits per heavy atom. The Kier molecular flexibility index (Phi) is 7.26. The molecule has 1 aliphatic rings. The van der Waals surface area contributed by atoms with Gasteiger partial charge in [0, 0.05) is 22.7 Å². The third kappa shape index (κ3) is 5.06. The normalized spacial score (nSPS) is 15.2. The third-order valence-electron chi connectivity index (χ3n) is 6.03. The van der Waals surface area contributed by atoms with Gasteiger partial charge in [-0.2, -0.15) is 0 Å². The number of nitro benzene ring substituents is 1. The first-order valence-corrected chi connectivity index (χ1v) is 13.2. The summed E-state index contributed by atoms with van der Waals surface area (Å²) < 4.78 is 13.0. The number of rotatable bonds is 6. The molecule has 0 bridgehead atoms. The second-order valence-corrected chi connectivity index (χ2v) is 10.3. The fourth-order valence-corrected chi connectivity index (χ4v) is 5.68. The quantitative estimate of drug-likeness (QED) is 0.173. The Bertz CT molecular complexity index is 1840. The summed E-state index contributed by atoms with van der Waals surface area (Å²) in [6, 6.07) is 13.8. The molecule has 198 valence electrons. The van der Waals surface area contributed by atoms with Crippen LogP contribution in [0.25, 0.3) is 17.4 Å². The van der Waals surface area contributed by atoms with Gasteiger partial charge in [-0.1, -0.05) is 46.7 Å². The lowest BCUT2D eigenvalue weighted by Crippen LogP contribution is -2.39. The number of aromatic nitrogens is 1. The van der Waals surface area contributed by atoms with Gasteiger partial charge < -0.3 is 9.15 Å². The van der Waals surface area contributed by atoms with Gasteiger partial charge in [0.25, 0.3) is 11.2 Å². The molecule has 39 heavy (non-hydrogen) atoms. The second kappa shape index (κ2) is 10.6. The smallest absolute Gasteiger partial charge is 0.338 e. The summed E-state index contributed by atoms with van der Waals surface area (Å²) in [6.45, 7) is 3.59. The molecular weight excluding hydrogens is 565 g/mol. The van der Waals surface area contributed by atoms with Crippen molar-refractivity contribution >= 4 is 52.3 Å². The zero-order chi connectivity index (χ0) is 27.8. The van der Waals surface area contributed by atoms with E-state index >= 15 is 0 Å². The summed E-state index contributed by atoms with van der Waals surface area (Å²) in [7, 11) is 0. The molecule has 0 amide bonds.